The molecule has 0 saturated carbocycles. The first-order valence-electron chi connectivity index (χ1n) is 5.34. The minimum atomic E-state index is -3.62. The molecule has 2 rings (SSSR count). The number of nitrogens with one attached hydrogen (secondary N) is 1. The fraction of sp³-hybridized carbons (Fsp3) is 0.167. The highest BCUT2D eigenvalue weighted by Crippen LogP contribution is 2.11. The van der Waals surface area contributed by atoms with Gasteiger partial charge in [0.05, 0.1) is 4.90 Å². The van der Waals surface area contributed by atoms with Gasteiger partial charge in [0.15, 0.2) is 0 Å². The zero-order chi connectivity index (χ0) is 13.0. The summed E-state index contributed by atoms with van der Waals surface area (Å²) >= 11 is 1.57. The van der Waals surface area contributed by atoms with Crippen LogP contribution in [0.5, 0.6) is 0 Å². The maximum absolute atomic E-state index is 13.0. The van der Waals surface area contributed by atoms with E-state index < -0.39 is 15.8 Å². The summed E-state index contributed by atoms with van der Waals surface area (Å²) < 4.78 is 39.1. The Hall–Kier alpha value is -1.24. The van der Waals surface area contributed by atoms with Gasteiger partial charge in [0, 0.05) is 6.54 Å². The minimum Gasteiger partial charge on any atom is -0.211 e. The predicted molar refractivity (Wildman–Crippen MR) is 69.6 cm³/mol. The summed E-state index contributed by atoms with van der Waals surface area (Å²) in [4.78, 5) is -0.0483. The van der Waals surface area contributed by atoms with Gasteiger partial charge in [0.2, 0.25) is 10.0 Å². The van der Waals surface area contributed by atoms with Gasteiger partial charge < -0.3 is 0 Å². The first-order valence-corrected chi connectivity index (χ1v) is 7.77. The third-order valence-corrected chi connectivity index (χ3v) is 4.58. The van der Waals surface area contributed by atoms with Crippen LogP contribution in [0.15, 0.2) is 46.0 Å². The van der Waals surface area contributed by atoms with E-state index in [1.165, 1.54) is 18.2 Å². The molecule has 3 nitrogen and oxygen atoms in total. The lowest BCUT2D eigenvalue weighted by Gasteiger charge is -2.06. The number of benzene rings is 1. The average Bonchev–Trinajstić information content (AvgIpc) is 2.82. The van der Waals surface area contributed by atoms with Gasteiger partial charge in [-0.15, -0.1) is 0 Å². The molecule has 96 valence electrons. The molecule has 0 fully saturated rings. The Bertz CT molecular complexity index is 609. The lowest BCUT2D eigenvalue weighted by molar-refractivity contribution is 0.577. The quantitative estimate of drug-likeness (QED) is 0.917. The highest BCUT2D eigenvalue weighted by Gasteiger charge is 2.13. The molecule has 1 aromatic heterocycles. The maximum atomic E-state index is 13.0. The van der Waals surface area contributed by atoms with Crippen LogP contribution < -0.4 is 4.72 Å². The summed E-state index contributed by atoms with van der Waals surface area (Å²) in [6.45, 7) is 0.301. The number of sulfonamides is 1. The van der Waals surface area contributed by atoms with E-state index in [4.69, 9.17) is 0 Å². The Morgan fingerprint density at radius 3 is 2.78 bits per heavy atom. The molecular formula is C12H12FNO2S2. The largest absolute Gasteiger partial charge is 0.240 e. The Balaban J connectivity index is 1.99. The summed E-state index contributed by atoms with van der Waals surface area (Å²) in [6.07, 6.45) is 0.623. The normalized spacial score (nSPS) is 11.6. The molecular weight excluding hydrogens is 273 g/mol. The molecule has 0 aliphatic carbocycles. The van der Waals surface area contributed by atoms with Crippen LogP contribution in [0.4, 0.5) is 4.39 Å². The van der Waals surface area contributed by atoms with Crippen LogP contribution >= 0.6 is 11.3 Å². The average molecular weight is 285 g/mol. The lowest BCUT2D eigenvalue weighted by Crippen LogP contribution is -2.25. The van der Waals surface area contributed by atoms with Crippen LogP contribution in [0, 0.1) is 5.82 Å². The van der Waals surface area contributed by atoms with Crippen LogP contribution in [0.3, 0.4) is 0 Å². The summed E-state index contributed by atoms with van der Waals surface area (Å²) in [5.74, 6) is -0.560. The third kappa shape index (κ3) is 3.38. The monoisotopic (exact) mass is 285 g/mol. The standard InChI is InChI=1S/C12H12FNO2S2/c13-11-2-1-3-12(8-11)18(15,16)14-6-4-10-5-7-17-9-10/h1-3,5,7-9,14H,4,6H2. The topological polar surface area (TPSA) is 46.2 Å². The van der Waals surface area contributed by atoms with Gasteiger partial charge in [-0.2, -0.15) is 11.3 Å². The van der Waals surface area contributed by atoms with Crippen LogP contribution in [0.1, 0.15) is 5.56 Å². The fourth-order valence-electron chi connectivity index (χ4n) is 1.48. The molecule has 2 aromatic rings. The molecule has 0 saturated heterocycles. The van der Waals surface area contributed by atoms with Crippen molar-refractivity contribution in [1.29, 1.82) is 0 Å². The van der Waals surface area contributed by atoms with Crippen LogP contribution in [0.25, 0.3) is 0 Å². The van der Waals surface area contributed by atoms with Gasteiger partial charge in [-0.05, 0) is 47.0 Å². The van der Waals surface area contributed by atoms with E-state index in [9.17, 15) is 12.8 Å². The molecule has 0 bridgehead atoms. The van der Waals surface area contributed by atoms with Gasteiger partial charge >= 0.3 is 0 Å². The summed E-state index contributed by atoms with van der Waals surface area (Å²) in [5, 5.41) is 3.91. The number of hydrogen-bond donors (Lipinski definition) is 1. The van der Waals surface area contributed by atoms with Crippen LogP contribution in [-0.4, -0.2) is 15.0 Å². The van der Waals surface area contributed by atoms with E-state index in [2.05, 4.69) is 4.72 Å². The Labute approximate surface area is 109 Å². The molecule has 0 unspecified atom stereocenters. The second kappa shape index (κ2) is 5.60. The van der Waals surface area contributed by atoms with Crippen LogP contribution in [-0.2, 0) is 16.4 Å². The smallest absolute Gasteiger partial charge is 0.211 e. The lowest BCUT2D eigenvalue weighted by atomic mass is 10.2. The van der Waals surface area contributed by atoms with Crippen LogP contribution in [0.2, 0.25) is 0 Å². The predicted octanol–water partition coefficient (Wildman–Crippen LogP) is 2.41. The van der Waals surface area contributed by atoms with E-state index >= 15 is 0 Å². The Morgan fingerprint density at radius 1 is 1.28 bits per heavy atom. The van der Waals surface area contributed by atoms with Crippen molar-refractivity contribution < 1.29 is 12.8 Å². The Morgan fingerprint density at radius 2 is 2.11 bits per heavy atom. The van der Waals surface area contributed by atoms with Crippen molar-refractivity contribution in [2.45, 2.75) is 11.3 Å². The molecule has 18 heavy (non-hydrogen) atoms. The second-order valence-corrected chi connectivity index (χ2v) is 6.28. The summed E-state index contributed by atoms with van der Waals surface area (Å²) in [6, 6.07) is 6.91. The van der Waals surface area contributed by atoms with E-state index in [1.807, 2.05) is 16.8 Å². The van der Waals surface area contributed by atoms with Gasteiger partial charge in [0.25, 0.3) is 0 Å². The first kappa shape index (κ1) is 13.2. The van der Waals surface area contributed by atoms with Crippen molar-refractivity contribution in [1.82, 2.24) is 4.72 Å². The SMILES string of the molecule is O=S(=O)(NCCc1ccsc1)c1cccc(F)c1. The highest BCUT2D eigenvalue weighted by molar-refractivity contribution is 7.89. The third-order valence-electron chi connectivity index (χ3n) is 2.39. The maximum Gasteiger partial charge on any atom is 0.240 e. The molecule has 1 aromatic carbocycles. The second-order valence-electron chi connectivity index (χ2n) is 3.74. The van der Waals surface area contributed by atoms with Crippen molar-refractivity contribution in [3.05, 3.63) is 52.5 Å². The highest BCUT2D eigenvalue weighted by atomic mass is 32.2. The van der Waals surface area contributed by atoms with E-state index in [1.54, 1.807) is 11.3 Å². The van der Waals surface area contributed by atoms with Crippen molar-refractivity contribution >= 4 is 21.4 Å². The number of rotatable bonds is 5. The number of thiophene rings is 1. The molecule has 0 radical (unpaired) electrons. The van der Waals surface area contributed by atoms with Gasteiger partial charge in [-0.25, -0.2) is 17.5 Å². The Kier molecular flexibility index (Phi) is 4.11. The molecule has 6 heteroatoms. The molecule has 0 aliphatic heterocycles. The fourth-order valence-corrected chi connectivity index (χ4v) is 3.25. The molecule has 0 aliphatic rings. The van der Waals surface area contributed by atoms with Crippen molar-refractivity contribution in [2.24, 2.45) is 0 Å². The molecule has 0 amide bonds. The molecule has 1 heterocycles. The van der Waals surface area contributed by atoms with E-state index in [-0.39, 0.29) is 4.90 Å². The van der Waals surface area contributed by atoms with Crippen molar-refractivity contribution in [2.75, 3.05) is 6.54 Å². The van der Waals surface area contributed by atoms with Gasteiger partial charge in [0.1, 0.15) is 5.82 Å². The molecule has 0 atom stereocenters. The number of hydrogen-bond acceptors (Lipinski definition) is 3. The summed E-state index contributed by atoms with van der Waals surface area (Å²) in [7, 11) is -3.62. The van der Waals surface area contributed by atoms with Crippen molar-refractivity contribution in [3.8, 4) is 0 Å². The minimum absolute atomic E-state index is 0.0483. The summed E-state index contributed by atoms with van der Waals surface area (Å²) in [5.41, 5.74) is 1.09. The molecule has 0 spiro atoms. The first-order chi connectivity index (χ1) is 8.58. The van der Waals surface area contributed by atoms with Crippen molar-refractivity contribution in [3.63, 3.8) is 0 Å². The zero-order valence-electron chi connectivity index (χ0n) is 9.47. The molecule has 1 N–H and O–H groups in total. The van der Waals surface area contributed by atoms with Gasteiger partial charge in [-0.1, -0.05) is 6.07 Å². The van der Waals surface area contributed by atoms with Gasteiger partial charge in [-0.3, -0.25) is 0 Å². The van der Waals surface area contributed by atoms with E-state index in [0.29, 0.717) is 13.0 Å². The van der Waals surface area contributed by atoms with E-state index in [0.717, 1.165) is 11.6 Å². The number of halogens is 1. The zero-order valence-corrected chi connectivity index (χ0v) is 11.1.